The number of amides is 2. The predicted octanol–water partition coefficient (Wildman–Crippen LogP) is 3.72. The third-order valence-corrected chi connectivity index (χ3v) is 6.28. The number of benzene rings is 2. The minimum Gasteiger partial charge on any atom is -0.484 e. The Morgan fingerprint density at radius 2 is 1.76 bits per heavy atom. The molecular formula is C27H29N3O3. The number of ether oxygens (including phenoxy) is 1. The lowest BCUT2D eigenvalue weighted by Crippen LogP contribution is -2.54. The third-order valence-electron chi connectivity index (χ3n) is 6.28. The van der Waals surface area contributed by atoms with Gasteiger partial charge in [-0.15, -0.1) is 0 Å². The Morgan fingerprint density at radius 3 is 2.52 bits per heavy atom. The molecule has 0 saturated carbocycles. The predicted molar refractivity (Wildman–Crippen MR) is 128 cm³/mol. The highest BCUT2D eigenvalue weighted by Crippen LogP contribution is 2.37. The van der Waals surface area contributed by atoms with Crippen LogP contribution in [0.5, 0.6) is 5.75 Å². The zero-order chi connectivity index (χ0) is 23.1. The number of hydrogen-bond acceptors (Lipinski definition) is 4. The van der Waals surface area contributed by atoms with Gasteiger partial charge in [0.05, 0.1) is 5.41 Å². The molecule has 1 aromatic heterocycles. The van der Waals surface area contributed by atoms with E-state index < -0.39 is 5.41 Å². The van der Waals surface area contributed by atoms with Crippen molar-refractivity contribution < 1.29 is 14.3 Å². The lowest BCUT2D eigenvalue weighted by atomic mass is 9.73. The van der Waals surface area contributed by atoms with Gasteiger partial charge in [0, 0.05) is 32.5 Å². The van der Waals surface area contributed by atoms with Crippen molar-refractivity contribution in [2.24, 2.45) is 5.41 Å². The Balaban J connectivity index is 1.55. The summed E-state index contributed by atoms with van der Waals surface area (Å²) in [4.78, 5) is 32.1. The quantitative estimate of drug-likeness (QED) is 0.604. The summed E-state index contributed by atoms with van der Waals surface area (Å²) in [5.74, 6) is 0.523. The van der Waals surface area contributed by atoms with Crippen molar-refractivity contribution in [1.82, 2.24) is 15.2 Å². The van der Waals surface area contributed by atoms with Crippen LogP contribution in [0.25, 0.3) is 11.1 Å². The van der Waals surface area contributed by atoms with Crippen molar-refractivity contribution in [3.63, 3.8) is 0 Å². The summed E-state index contributed by atoms with van der Waals surface area (Å²) in [5.41, 5.74) is 2.53. The topological polar surface area (TPSA) is 71.5 Å². The highest BCUT2D eigenvalue weighted by molar-refractivity contribution is 5.85. The average molecular weight is 444 g/mol. The molecule has 2 amide bonds. The summed E-state index contributed by atoms with van der Waals surface area (Å²) in [6, 6.07) is 21.4. The maximum atomic E-state index is 13.2. The molecule has 6 nitrogen and oxygen atoms in total. The Morgan fingerprint density at radius 1 is 1.03 bits per heavy atom. The zero-order valence-electron chi connectivity index (χ0n) is 18.9. The Bertz CT molecular complexity index is 1090. The standard InChI is InChI=1S/C27H29N3O3/c1-28-26(32)27(18-22-8-5-6-11-24(22)21-12-15-29-16-13-21)14-7-17-30(20-27)25(31)19-33-23-9-3-2-4-10-23/h2-6,8-13,15-16H,7,14,17-20H2,1H3,(H,28,32)/t27-/m0/s1. The molecule has 2 heterocycles. The van der Waals surface area contributed by atoms with Crippen molar-refractivity contribution in [2.45, 2.75) is 19.3 Å². The first-order valence-corrected chi connectivity index (χ1v) is 11.3. The second-order valence-electron chi connectivity index (χ2n) is 8.45. The first kappa shape index (κ1) is 22.5. The number of likely N-dealkylation sites (tertiary alicyclic amines) is 1. The fourth-order valence-corrected chi connectivity index (χ4v) is 4.62. The Hall–Kier alpha value is -3.67. The van der Waals surface area contributed by atoms with E-state index >= 15 is 0 Å². The van der Waals surface area contributed by atoms with Crippen LogP contribution in [0.2, 0.25) is 0 Å². The molecule has 170 valence electrons. The van der Waals surface area contributed by atoms with Crippen LogP contribution in [0.15, 0.2) is 79.1 Å². The largest absolute Gasteiger partial charge is 0.484 e. The molecule has 4 rings (SSSR count). The van der Waals surface area contributed by atoms with Gasteiger partial charge >= 0.3 is 0 Å². The van der Waals surface area contributed by atoms with Crippen LogP contribution < -0.4 is 10.1 Å². The van der Waals surface area contributed by atoms with E-state index in [1.807, 2.05) is 54.6 Å². The fraction of sp³-hybridized carbons (Fsp3) is 0.296. The molecule has 2 aromatic carbocycles. The molecule has 0 radical (unpaired) electrons. The van der Waals surface area contributed by atoms with Crippen LogP contribution in [0.4, 0.5) is 0 Å². The molecule has 1 saturated heterocycles. The normalized spacial score (nSPS) is 17.9. The second-order valence-corrected chi connectivity index (χ2v) is 8.45. The van der Waals surface area contributed by atoms with Crippen LogP contribution in [-0.2, 0) is 16.0 Å². The fourth-order valence-electron chi connectivity index (χ4n) is 4.62. The van der Waals surface area contributed by atoms with Gasteiger partial charge in [-0.25, -0.2) is 0 Å². The van der Waals surface area contributed by atoms with Gasteiger partial charge in [0.15, 0.2) is 6.61 Å². The SMILES string of the molecule is CNC(=O)[C@]1(Cc2ccccc2-c2ccncc2)CCCN(C(=O)COc2ccccc2)C1. The summed E-state index contributed by atoms with van der Waals surface area (Å²) in [6.45, 7) is 0.956. The number of rotatable bonds is 7. The first-order valence-electron chi connectivity index (χ1n) is 11.3. The summed E-state index contributed by atoms with van der Waals surface area (Å²) in [5, 5.41) is 2.85. The number of hydrogen-bond donors (Lipinski definition) is 1. The summed E-state index contributed by atoms with van der Waals surface area (Å²) >= 11 is 0. The van der Waals surface area contributed by atoms with E-state index in [1.54, 1.807) is 24.3 Å². The number of aromatic nitrogens is 1. The highest BCUT2D eigenvalue weighted by atomic mass is 16.5. The summed E-state index contributed by atoms with van der Waals surface area (Å²) in [6.07, 6.45) is 5.58. The van der Waals surface area contributed by atoms with Crippen molar-refractivity contribution in [1.29, 1.82) is 0 Å². The zero-order valence-corrected chi connectivity index (χ0v) is 18.9. The smallest absolute Gasteiger partial charge is 0.260 e. The van der Waals surface area contributed by atoms with Gasteiger partial charge < -0.3 is 15.0 Å². The van der Waals surface area contributed by atoms with E-state index in [4.69, 9.17) is 4.74 Å². The summed E-state index contributed by atoms with van der Waals surface area (Å²) < 4.78 is 5.67. The van der Waals surface area contributed by atoms with Gasteiger partial charge in [-0.3, -0.25) is 14.6 Å². The number of pyridine rings is 1. The van der Waals surface area contributed by atoms with Gasteiger partial charge in [0.2, 0.25) is 5.91 Å². The molecule has 0 aliphatic carbocycles. The molecule has 1 fully saturated rings. The van der Waals surface area contributed by atoms with Gasteiger partial charge in [-0.2, -0.15) is 0 Å². The van der Waals surface area contributed by atoms with E-state index in [2.05, 4.69) is 22.4 Å². The molecular weight excluding hydrogens is 414 g/mol. The van der Waals surface area contributed by atoms with E-state index in [1.165, 1.54) is 0 Å². The van der Waals surface area contributed by atoms with Crippen molar-refractivity contribution in [3.8, 4) is 16.9 Å². The maximum Gasteiger partial charge on any atom is 0.260 e. The molecule has 0 unspecified atom stereocenters. The molecule has 6 heteroatoms. The van der Waals surface area contributed by atoms with Crippen LogP contribution >= 0.6 is 0 Å². The molecule has 1 atom stereocenters. The highest BCUT2D eigenvalue weighted by Gasteiger charge is 2.43. The minimum atomic E-state index is -0.696. The van der Waals surface area contributed by atoms with E-state index in [9.17, 15) is 9.59 Å². The maximum absolute atomic E-state index is 13.2. The number of para-hydroxylation sites is 1. The number of nitrogens with zero attached hydrogens (tertiary/aromatic N) is 2. The van der Waals surface area contributed by atoms with Gasteiger partial charge in [-0.05, 0) is 60.2 Å². The Kier molecular flexibility index (Phi) is 7.03. The molecule has 0 bridgehead atoms. The molecule has 33 heavy (non-hydrogen) atoms. The molecule has 0 spiro atoms. The lowest BCUT2D eigenvalue weighted by Gasteiger charge is -2.42. The molecule has 1 N–H and O–H groups in total. The van der Waals surface area contributed by atoms with Crippen LogP contribution in [0, 0.1) is 5.41 Å². The molecule has 1 aliphatic rings. The lowest BCUT2D eigenvalue weighted by molar-refractivity contribution is -0.142. The number of nitrogens with one attached hydrogen (secondary N) is 1. The van der Waals surface area contributed by atoms with Crippen LogP contribution in [0.3, 0.4) is 0 Å². The van der Waals surface area contributed by atoms with Gasteiger partial charge in [0.1, 0.15) is 5.75 Å². The monoisotopic (exact) mass is 443 g/mol. The second kappa shape index (κ2) is 10.3. The minimum absolute atomic E-state index is 0.0338. The van der Waals surface area contributed by atoms with Gasteiger partial charge in [-0.1, -0.05) is 42.5 Å². The number of piperidine rings is 1. The molecule has 1 aliphatic heterocycles. The van der Waals surface area contributed by atoms with E-state index in [-0.39, 0.29) is 18.4 Å². The average Bonchev–Trinajstić information content (AvgIpc) is 2.88. The van der Waals surface area contributed by atoms with E-state index in [0.717, 1.165) is 29.5 Å². The molecule has 3 aromatic rings. The summed E-state index contributed by atoms with van der Waals surface area (Å²) in [7, 11) is 1.66. The van der Waals surface area contributed by atoms with Crippen molar-refractivity contribution in [3.05, 3.63) is 84.7 Å². The first-order chi connectivity index (χ1) is 16.1. The van der Waals surface area contributed by atoms with E-state index in [0.29, 0.717) is 25.3 Å². The van der Waals surface area contributed by atoms with Crippen LogP contribution in [-0.4, -0.2) is 48.4 Å². The Labute approximate surface area is 194 Å². The number of carbonyl (C=O) groups is 2. The van der Waals surface area contributed by atoms with Crippen LogP contribution in [0.1, 0.15) is 18.4 Å². The van der Waals surface area contributed by atoms with Crippen molar-refractivity contribution in [2.75, 3.05) is 26.7 Å². The third kappa shape index (κ3) is 5.22. The van der Waals surface area contributed by atoms with Crippen molar-refractivity contribution >= 4 is 11.8 Å². The number of carbonyl (C=O) groups excluding carboxylic acids is 2. The van der Waals surface area contributed by atoms with Gasteiger partial charge in [0.25, 0.3) is 5.91 Å².